The number of hydrogen-bond acceptors (Lipinski definition) is 4. The van der Waals surface area contributed by atoms with Crippen LogP contribution < -0.4 is 14.8 Å². The molecule has 1 N–H and O–H groups in total. The number of amides is 2. The molecule has 0 unspecified atom stereocenters. The fourth-order valence-corrected chi connectivity index (χ4v) is 2.55. The average molecular weight is 356 g/mol. The maximum Gasteiger partial charge on any atom is 0.255 e. The fourth-order valence-electron chi connectivity index (χ4n) is 2.55. The van der Waals surface area contributed by atoms with Gasteiger partial charge in [-0.25, -0.2) is 0 Å². The molecule has 2 amide bonds. The Bertz CT molecular complexity index is 768. The molecule has 0 aliphatic carbocycles. The number of benzene rings is 2. The Balaban J connectivity index is 2.14. The highest BCUT2D eigenvalue weighted by atomic mass is 16.5. The van der Waals surface area contributed by atoms with Crippen LogP contribution >= 0.6 is 0 Å². The maximum absolute atomic E-state index is 12.5. The molecule has 2 aromatic rings. The van der Waals surface area contributed by atoms with Crippen LogP contribution in [0.2, 0.25) is 0 Å². The summed E-state index contributed by atoms with van der Waals surface area (Å²) in [6.07, 6.45) is 0. The van der Waals surface area contributed by atoms with Crippen molar-refractivity contribution in [2.45, 2.75) is 13.8 Å². The molecular formula is C20H24N2O4. The summed E-state index contributed by atoms with van der Waals surface area (Å²) in [4.78, 5) is 26.5. The van der Waals surface area contributed by atoms with Crippen molar-refractivity contribution in [2.24, 2.45) is 0 Å². The summed E-state index contributed by atoms with van der Waals surface area (Å²) in [7, 11) is 3.09. The lowest BCUT2D eigenvalue weighted by Crippen LogP contribution is -2.30. The number of nitrogens with zero attached hydrogens (tertiary/aromatic N) is 1. The molecule has 6 nitrogen and oxygen atoms in total. The van der Waals surface area contributed by atoms with Gasteiger partial charge in [-0.1, -0.05) is 0 Å². The van der Waals surface area contributed by atoms with Crippen LogP contribution in [0.1, 0.15) is 34.6 Å². The van der Waals surface area contributed by atoms with E-state index in [1.807, 2.05) is 13.8 Å². The van der Waals surface area contributed by atoms with Gasteiger partial charge in [0.15, 0.2) is 0 Å². The van der Waals surface area contributed by atoms with Gasteiger partial charge in [0.1, 0.15) is 11.5 Å². The largest absolute Gasteiger partial charge is 0.497 e. The molecule has 2 rings (SSSR count). The highest BCUT2D eigenvalue weighted by molar-refractivity contribution is 6.05. The zero-order chi connectivity index (χ0) is 19.1. The molecule has 0 heterocycles. The van der Waals surface area contributed by atoms with Gasteiger partial charge < -0.3 is 19.7 Å². The van der Waals surface area contributed by atoms with E-state index in [0.29, 0.717) is 41.4 Å². The molecule has 2 aromatic carbocycles. The molecule has 0 saturated carbocycles. The SMILES string of the molecule is CCN(CC)C(=O)c1ccc(C(=O)Nc2ccc(OC)cc2OC)cc1. The first-order valence-corrected chi connectivity index (χ1v) is 8.46. The Morgan fingerprint density at radius 3 is 2.08 bits per heavy atom. The van der Waals surface area contributed by atoms with Gasteiger partial charge in [0.2, 0.25) is 0 Å². The normalized spacial score (nSPS) is 10.2. The number of methoxy groups -OCH3 is 2. The summed E-state index contributed by atoms with van der Waals surface area (Å²) in [5, 5.41) is 2.81. The molecule has 0 aliphatic rings. The molecule has 0 atom stereocenters. The van der Waals surface area contributed by atoms with Gasteiger partial charge in [-0.3, -0.25) is 9.59 Å². The van der Waals surface area contributed by atoms with Crippen LogP contribution in [-0.2, 0) is 0 Å². The zero-order valence-electron chi connectivity index (χ0n) is 15.5. The second kappa shape index (κ2) is 8.89. The monoisotopic (exact) mass is 356 g/mol. The van der Waals surface area contributed by atoms with Crippen molar-refractivity contribution < 1.29 is 19.1 Å². The van der Waals surface area contributed by atoms with E-state index in [2.05, 4.69) is 5.32 Å². The van der Waals surface area contributed by atoms with Crippen molar-refractivity contribution in [2.75, 3.05) is 32.6 Å². The summed E-state index contributed by atoms with van der Waals surface area (Å²) in [5.41, 5.74) is 1.56. The van der Waals surface area contributed by atoms with Crippen molar-refractivity contribution >= 4 is 17.5 Å². The summed E-state index contributed by atoms with van der Waals surface area (Å²) in [6.45, 7) is 5.17. The number of hydrogen-bond donors (Lipinski definition) is 1. The lowest BCUT2D eigenvalue weighted by atomic mass is 10.1. The molecule has 138 valence electrons. The van der Waals surface area contributed by atoms with E-state index in [1.165, 1.54) is 7.11 Å². The lowest BCUT2D eigenvalue weighted by Gasteiger charge is -2.18. The van der Waals surface area contributed by atoms with E-state index in [1.54, 1.807) is 54.5 Å². The highest BCUT2D eigenvalue weighted by Gasteiger charge is 2.14. The minimum absolute atomic E-state index is 0.0428. The third-order valence-corrected chi connectivity index (χ3v) is 4.10. The topological polar surface area (TPSA) is 67.9 Å². The Morgan fingerprint density at radius 2 is 1.54 bits per heavy atom. The van der Waals surface area contributed by atoms with Crippen molar-refractivity contribution in [1.82, 2.24) is 4.90 Å². The highest BCUT2D eigenvalue weighted by Crippen LogP contribution is 2.29. The van der Waals surface area contributed by atoms with Crippen LogP contribution in [0.25, 0.3) is 0 Å². The number of anilines is 1. The fraction of sp³-hybridized carbons (Fsp3) is 0.300. The lowest BCUT2D eigenvalue weighted by molar-refractivity contribution is 0.0772. The second-order valence-corrected chi connectivity index (χ2v) is 5.58. The van der Waals surface area contributed by atoms with Gasteiger partial charge in [-0.2, -0.15) is 0 Å². The summed E-state index contributed by atoms with van der Waals surface area (Å²) in [6, 6.07) is 11.8. The predicted molar refractivity (Wildman–Crippen MR) is 101 cm³/mol. The van der Waals surface area contributed by atoms with E-state index < -0.39 is 0 Å². The van der Waals surface area contributed by atoms with Crippen molar-refractivity contribution in [3.05, 3.63) is 53.6 Å². The van der Waals surface area contributed by atoms with Crippen LogP contribution in [0, 0.1) is 0 Å². The number of carbonyl (C=O) groups is 2. The minimum atomic E-state index is -0.282. The van der Waals surface area contributed by atoms with Gasteiger partial charge in [-0.15, -0.1) is 0 Å². The molecule has 0 fully saturated rings. The number of ether oxygens (including phenoxy) is 2. The van der Waals surface area contributed by atoms with Crippen molar-refractivity contribution in [1.29, 1.82) is 0 Å². The van der Waals surface area contributed by atoms with E-state index in [9.17, 15) is 9.59 Å². The molecule has 0 radical (unpaired) electrons. The quantitative estimate of drug-likeness (QED) is 0.825. The number of rotatable bonds is 7. The first kappa shape index (κ1) is 19.3. The first-order chi connectivity index (χ1) is 12.5. The minimum Gasteiger partial charge on any atom is -0.497 e. The third-order valence-electron chi connectivity index (χ3n) is 4.10. The van der Waals surface area contributed by atoms with Crippen molar-refractivity contribution in [3.63, 3.8) is 0 Å². The Hall–Kier alpha value is -3.02. The number of carbonyl (C=O) groups excluding carboxylic acids is 2. The predicted octanol–water partition coefficient (Wildman–Crippen LogP) is 3.44. The van der Waals surface area contributed by atoms with Crippen LogP contribution in [-0.4, -0.2) is 44.0 Å². The molecule has 0 aliphatic heterocycles. The van der Waals surface area contributed by atoms with Gasteiger partial charge in [-0.05, 0) is 50.2 Å². The molecule has 0 aromatic heterocycles. The molecule has 0 saturated heterocycles. The number of nitrogens with one attached hydrogen (secondary N) is 1. The Labute approximate surface area is 153 Å². The van der Waals surface area contributed by atoms with E-state index in [-0.39, 0.29) is 11.8 Å². The summed E-state index contributed by atoms with van der Waals surface area (Å²) in [5.74, 6) is 0.819. The van der Waals surface area contributed by atoms with Crippen LogP contribution in [0.15, 0.2) is 42.5 Å². The van der Waals surface area contributed by atoms with Gasteiger partial charge >= 0.3 is 0 Å². The standard InChI is InChI=1S/C20H24N2O4/c1-5-22(6-2)20(24)15-9-7-14(8-10-15)19(23)21-17-12-11-16(25-3)13-18(17)26-4/h7-13H,5-6H2,1-4H3,(H,21,23). The maximum atomic E-state index is 12.5. The van der Waals surface area contributed by atoms with Gasteiger partial charge in [0.05, 0.1) is 19.9 Å². The Morgan fingerprint density at radius 1 is 0.923 bits per heavy atom. The summed E-state index contributed by atoms with van der Waals surface area (Å²) >= 11 is 0. The van der Waals surface area contributed by atoms with Crippen molar-refractivity contribution in [3.8, 4) is 11.5 Å². The van der Waals surface area contributed by atoms with E-state index in [0.717, 1.165) is 0 Å². The van der Waals surface area contributed by atoms with Crippen LogP contribution in [0.3, 0.4) is 0 Å². The van der Waals surface area contributed by atoms with E-state index >= 15 is 0 Å². The molecule has 0 bridgehead atoms. The third kappa shape index (κ3) is 4.33. The smallest absolute Gasteiger partial charge is 0.255 e. The van der Waals surface area contributed by atoms with Crippen LogP contribution in [0.5, 0.6) is 11.5 Å². The molecule has 0 spiro atoms. The second-order valence-electron chi connectivity index (χ2n) is 5.58. The zero-order valence-corrected chi connectivity index (χ0v) is 15.5. The Kier molecular flexibility index (Phi) is 6.60. The molecular weight excluding hydrogens is 332 g/mol. The van der Waals surface area contributed by atoms with Gasteiger partial charge in [0, 0.05) is 30.3 Å². The molecule has 6 heteroatoms. The summed E-state index contributed by atoms with van der Waals surface area (Å²) < 4.78 is 10.4. The molecule has 26 heavy (non-hydrogen) atoms. The average Bonchev–Trinajstić information content (AvgIpc) is 2.69. The van der Waals surface area contributed by atoms with Gasteiger partial charge in [0.25, 0.3) is 11.8 Å². The first-order valence-electron chi connectivity index (χ1n) is 8.46. The van der Waals surface area contributed by atoms with E-state index in [4.69, 9.17) is 9.47 Å². The van der Waals surface area contributed by atoms with Crippen LogP contribution in [0.4, 0.5) is 5.69 Å².